The fourth-order valence-electron chi connectivity index (χ4n) is 3.59. The number of rotatable bonds is 9. The molecule has 1 aromatic rings. The van der Waals surface area contributed by atoms with Crippen LogP contribution in [0.4, 0.5) is 0 Å². The van der Waals surface area contributed by atoms with Gasteiger partial charge in [-0.05, 0) is 74.5 Å². The van der Waals surface area contributed by atoms with Crippen LogP contribution in [0, 0.1) is 11.8 Å². The van der Waals surface area contributed by atoms with Crippen molar-refractivity contribution in [2.75, 3.05) is 6.61 Å². The molecule has 23 heavy (non-hydrogen) atoms. The molecule has 128 valence electrons. The third-order valence-electron chi connectivity index (χ3n) is 4.99. The number of aryl methyl sites for hydroxylation is 1. The van der Waals surface area contributed by atoms with Gasteiger partial charge < -0.3 is 4.74 Å². The summed E-state index contributed by atoms with van der Waals surface area (Å²) in [5, 5.41) is 0. The van der Waals surface area contributed by atoms with E-state index in [1.165, 1.54) is 44.1 Å². The first-order valence-corrected chi connectivity index (χ1v) is 9.70. The van der Waals surface area contributed by atoms with Crippen LogP contribution in [-0.2, 0) is 6.42 Å². The molecule has 0 spiro atoms. The maximum atomic E-state index is 5.63. The Bertz CT molecular complexity index is 438. The van der Waals surface area contributed by atoms with Crippen molar-refractivity contribution in [1.29, 1.82) is 0 Å². The van der Waals surface area contributed by atoms with Gasteiger partial charge in [-0.15, -0.1) is 0 Å². The fourth-order valence-corrected chi connectivity index (χ4v) is 3.59. The van der Waals surface area contributed by atoms with Crippen LogP contribution >= 0.6 is 0 Å². The van der Waals surface area contributed by atoms with Gasteiger partial charge in [-0.25, -0.2) is 0 Å². The largest absolute Gasteiger partial charge is 0.494 e. The van der Waals surface area contributed by atoms with Crippen LogP contribution in [0.3, 0.4) is 0 Å². The lowest BCUT2D eigenvalue weighted by atomic mass is 9.80. The Balaban J connectivity index is 1.64. The van der Waals surface area contributed by atoms with Crippen molar-refractivity contribution in [3.8, 4) is 5.75 Å². The Morgan fingerprint density at radius 3 is 2.39 bits per heavy atom. The summed E-state index contributed by atoms with van der Waals surface area (Å²) in [6, 6.07) is 8.61. The molecule has 0 bridgehead atoms. The van der Waals surface area contributed by atoms with Crippen LogP contribution in [0.5, 0.6) is 5.75 Å². The van der Waals surface area contributed by atoms with Crippen LogP contribution < -0.4 is 4.74 Å². The Kier molecular flexibility index (Phi) is 8.28. The van der Waals surface area contributed by atoms with Crippen molar-refractivity contribution in [2.45, 2.75) is 71.6 Å². The van der Waals surface area contributed by atoms with Gasteiger partial charge >= 0.3 is 0 Å². The highest BCUT2D eigenvalue weighted by Gasteiger charge is 2.18. The van der Waals surface area contributed by atoms with E-state index in [-0.39, 0.29) is 0 Å². The van der Waals surface area contributed by atoms with E-state index in [1.54, 1.807) is 0 Å². The fraction of sp³-hybridized carbons (Fsp3) is 0.636. The Morgan fingerprint density at radius 2 is 1.74 bits per heavy atom. The summed E-state index contributed by atoms with van der Waals surface area (Å²) in [6.07, 6.45) is 16.8. The Morgan fingerprint density at radius 1 is 1.00 bits per heavy atom. The molecular formula is C22H34O. The number of benzene rings is 1. The molecule has 1 aliphatic rings. The SMILES string of the molecule is CCCOc1ccc(CC/C=C/C2CCC(CCC)CC2)cc1. The maximum Gasteiger partial charge on any atom is 0.119 e. The predicted octanol–water partition coefficient (Wildman–Crippen LogP) is 6.57. The molecule has 1 heteroatoms. The second kappa shape index (κ2) is 10.5. The van der Waals surface area contributed by atoms with Crippen LogP contribution in [0.2, 0.25) is 0 Å². The molecule has 0 aliphatic heterocycles. The van der Waals surface area contributed by atoms with E-state index < -0.39 is 0 Å². The van der Waals surface area contributed by atoms with Crippen molar-refractivity contribution in [3.05, 3.63) is 42.0 Å². The van der Waals surface area contributed by atoms with Gasteiger partial charge in [0.15, 0.2) is 0 Å². The molecule has 1 aromatic carbocycles. The van der Waals surface area contributed by atoms with E-state index >= 15 is 0 Å². The average molecular weight is 315 g/mol. The summed E-state index contributed by atoms with van der Waals surface area (Å²) in [6.45, 7) is 5.26. The van der Waals surface area contributed by atoms with Crippen LogP contribution in [0.1, 0.15) is 70.8 Å². The van der Waals surface area contributed by atoms with Gasteiger partial charge in [0, 0.05) is 0 Å². The van der Waals surface area contributed by atoms with E-state index in [0.717, 1.165) is 43.5 Å². The molecule has 1 saturated carbocycles. The molecule has 2 rings (SSSR count). The summed E-state index contributed by atoms with van der Waals surface area (Å²) in [4.78, 5) is 0. The highest BCUT2D eigenvalue weighted by atomic mass is 16.5. The first-order chi connectivity index (χ1) is 11.3. The third kappa shape index (κ3) is 6.81. The van der Waals surface area contributed by atoms with Crippen molar-refractivity contribution in [1.82, 2.24) is 0 Å². The number of allylic oxidation sites excluding steroid dienone is 2. The molecule has 0 atom stereocenters. The lowest BCUT2D eigenvalue weighted by Crippen LogP contribution is -2.12. The predicted molar refractivity (Wildman–Crippen MR) is 100 cm³/mol. The minimum absolute atomic E-state index is 0.808. The van der Waals surface area contributed by atoms with Gasteiger partial charge in [0.1, 0.15) is 5.75 Å². The van der Waals surface area contributed by atoms with E-state index in [4.69, 9.17) is 4.74 Å². The smallest absolute Gasteiger partial charge is 0.119 e. The zero-order valence-electron chi connectivity index (χ0n) is 15.1. The molecule has 0 radical (unpaired) electrons. The zero-order chi connectivity index (χ0) is 16.3. The molecule has 1 nitrogen and oxygen atoms in total. The normalized spacial score (nSPS) is 21.7. The topological polar surface area (TPSA) is 9.23 Å². The van der Waals surface area contributed by atoms with E-state index in [9.17, 15) is 0 Å². The quantitative estimate of drug-likeness (QED) is 0.468. The number of hydrogen-bond acceptors (Lipinski definition) is 1. The van der Waals surface area contributed by atoms with Crippen molar-refractivity contribution in [2.24, 2.45) is 11.8 Å². The molecule has 0 heterocycles. The highest BCUT2D eigenvalue weighted by molar-refractivity contribution is 5.27. The second-order valence-electron chi connectivity index (χ2n) is 7.03. The third-order valence-corrected chi connectivity index (χ3v) is 4.99. The molecule has 0 amide bonds. The van der Waals surface area contributed by atoms with Gasteiger partial charge in [-0.1, -0.05) is 51.0 Å². The average Bonchev–Trinajstić information content (AvgIpc) is 2.59. The highest BCUT2D eigenvalue weighted by Crippen LogP contribution is 2.32. The molecule has 1 aliphatic carbocycles. The van der Waals surface area contributed by atoms with Crippen molar-refractivity contribution < 1.29 is 4.74 Å². The monoisotopic (exact) mass is 314 g/mol. The zero-order valence-corrected chi connectivity index (χ0v) is 15.1. The lowest BCUT2D eigenvalue weighted by Gasteiger charge is -2.26. The summed E-state index contributed by atoms with van der Waals surface area (Å²) in [7, 11) is 0. The first-order valence-electron chi connectivity index (χ1n) is 9.70. The van der Waals surface area contributed by atoms with Crippen LogP contribution in [0.25, 0.3) is 0 Å². The van der Waals surface area contributed by atoms with Gasteiger partial charge in [0.05, 0.1) is 6.61 Å². The van der Waals surface area contributed by atoms with E-state index in [0.29, 0.717) is 0 Å². The summed E-state index contributed by atoms with van der Waals surface area (Å²) < 4.78 is 5.63. The molecule has 0 saturated heterocycles. The molecule has 1 fully saturated rings. The minimum Gasteiger partial charge on any atom is -0.494 e. The maximum absolute atomic E-state index is 5.63. The molecule has 0 unspecified atom stereocenters. The first kappa shape index (κ1) is 18.1. The van der Waals surface area contributed by atoms with Gasteiger partial charge in [-0.2, -0.15) is 0 Å². The number of ether oxygens (including phenoxy) is 1. The Hall–Kier alpha value is -1.24. The number of hydrogen-bond donors (Lipinski definition) is 0. The van der Waals surface area contributed by atoms with Gasteiger partial charge in [0.25, 0.3) is 0 Å². The van der Waals surface area contributed by atoms with E-state index in [1.807, 2.05) is 0 Å². The van der Waals surface area contributed by atoms with Crippen LogP contribution in [-0.4, -0.2) is 6.61 Å². The molecule has 0 N–H and O–H groups in total. The van der Waals surface area contributed by atoms with Gasteiger partial charge in [-0.3, -0.25) is 0 Å². The van der Waals surface area contributed by atoms with Crippen LogP contribution in [0.15, 0.2) is 36.4 Å². The summed E-state index contributed by atoms with van der Waals surface area (Å²) >= 11 is 0. The van der Waals surface area contributed by atoms with Gasteiger partial charge in [0.2, 0.25) is 0 Å². The molecule has 0 aromatic heterocycles. The van der Waals surface area contributed by atoms with Crippen molar-refractivity contribution >= 4 is 0 Å². The Labute approximate surface area is 143 Å². The van der Waals surface area contributed by atoms with E-state index in [2.05, 4.69) is 50.3 Å². The standard InChI is InChI=1S/C22H34O/c1-3-7-19-10-12-20(13-11-19)8-5-6-9-21-14-16-22(17-15-21)23-18-4-2/h5,8,14-17,19-20H,3-4,6-7,9-13,18H2,1-2H3/b8-5+. The van der Waals surface area contributed by atoms with Crippen molar-refractivity contribution in [3.63, 3.8) is 0 Å². The summed E-state index contributed by atoms with van der Waals surface area (Å²) in [5.74, 6) is 2.85. The molecular weight excluding hydrogens is 280 g/mol. The summed E-state index contributed by atoms with van der Waals surface area (Å²) in [5.41, 5.74) is 1.41. The minimum atomic E-state index is 0.808. The second-order valence-corrected chi connectivity index (χ2v) is 7.03. The lowest BCUT2D eigenvalue weighted by molar-refractivity contribution is 0.294.